The van der Waals surface area contributed by atoms with Crippen LogP contribution in [0.4, 0.5) is 0 Å². The molecule has 28 heavy (non-hydrogen) atoms. The van der Waals surface area contributed by atoms with Crippen LogP contribution < -0.4 is 15.7 Å². The average Bonchev–Trinajstić information content (AvgIpc) is 2.95. The summed E-state index contributed by atoms with van der Waals surface area (Å²) in [6, 6.07) is 13.7. The molecule has 0 saturated carbocycles. The van der Waals surface area contributed by atoms with Crippen molar-refractivity contribution in [3.63, 3.8) is 0 Å². The van der Waals surface area contributed by atoms with E-state index in [1.807, 2.05) is 24.3 Å². The molecule has 9 heteroatoms. The number of hydrogen-bond acceptors (Lipinski definition) is 4. The fourth-order valence-electron chi connectivity index (χ4n) is 2.99. The number of imidazole rings is 1. The van der Waals surface area contributed by atoms with E-state index in [2.05, 4.69) is 10.0 Å². The van der Waals surface area contributed by atoms with Crippen molar-refractivity contribution in [2.24, 2.45) is 7.05 Å². The van der Waals surface area contributed by atoms with E-state index in [4.69, 9.17) is 0 Å². The first kappa shape index (κ1) is 19.8. The van der Waals surface area contributed by atoms with Gasteiger partial charge in [-0.15, -0.1) is 0 Å². The second kappa shape index (κ2) is 7.99. The SMILES string of the molecule is CNS(=O)(=O)c1ccc(CNC(=O)CCn2c(=O)n(C)c3ccccc32)cc1. The van der Waals surface area contributed by atoms with Crippen molar-refractivity contribution in [3.8, 4) is 0 Å². The maximum Gasteiger partial charge on any atom is 0.328 e. The molecule has 0 atom stereocenters. The molecule has 0 fully saturated rings. The summed E-state index contributed by atoms with van der Waals surface area (Å²) in [5, 5.41) is 2.79. The standard InChI is InChI=1S/C19H22N4O4S/c1-20-28(26,27)15-9-7-14(8-10-15)13-21-18(24)11-12-23-17-6-4-3-5-16(17)22(2)19(23)25/h3-10,20H,11-13H2,1-2H3,(H,21,24). The van der Waals surface area contributed by atoms with E-state index in [9.17, 15) is 18.0 Å². The highest BCUT2D eigenvalue weighted by Gasteiger charge is 2.12. The number of nitrogens with zero attached hydrogens (tertiary/aromatic N) is 2. The first-order valence-electron chi connectivity index (χ1n) is 8.77. The molecule has 1 amide bonds. The second-order valence-corrected chi connectivity index (χ2v) is 8.25. The van der Waals surface area contributed by atoms with Gasteiger partial charge in [-0.05, 0) is 36.9 Å². The number of sulfonamides is 1. The number of benzene rings is 2. The normalized spacial score (nSPS) is 11.6. The van der Waals surface area contributed by atoms with Gasteiger partial charge >= 0.3 is 5.69 Å². The molecular weight excluding hydrogens is 380 g/mol. The first-order valence-corrected chi connectivity index (χ1v) is 10.3. The highest BCUT2D eigenvalue weighted by molar-refractivity contribution is 7.89. The minimum absolute atomic E-state index is 0.157. The number of fused-ring (bicyclic) bond motifs is 1. The number of amides is 1. The third-order valence-electron chi connectivity index (χ3n) is 4.61. The van der Waals surface area contributed by atoms with Crippen LogP contribution in [-0.2, 0) is 35.0 Å². The predicted octanol–water partition coefficient (Wildman–Crippen LogP) is 0.955. The van der Waals surface area contributed by atoms with Crippen molar-refractivity contribution in [1.82, 2.24) is 19.2 Å². The van der Waals surface area contributed by atoms with Crippen LogP contribution in [0.1, 0.15) is 12.0 Å². The van der Waals surface area contributed by atoms with E-state index in [1.54, 1.807) is 28.3 Å². The van der Waals surface area contributed by atoms with Crippen LogP contribution >= 0.6 is 0 Å². The van der Waals surface area contributed by atoms with Gasteiger partial charge in [0.2, 0.25) is 15.9 Å². The monoisotopic (exact) mass is 402 g/mol. The topological polar surface area (TPSA) is 102 Å². The molecule has 0 aliphatic rings. The van der Waals surface area contributed by atoms with Crippen molar-refractivity contribution in [3.05, 3.63) is 64.6 Å². The van der Waals surface area contributed by atoms with Crippen LogP contribution in [0.15, 0.2) is 58.2 Å². The quantitative estimate of drug-likeness (QED) is 0.614. The predicted molar refractivity (Wildman–Crippen MR) is 106 cm³/mol. The van der Waals surface area contributed by atoms with Crippen LogP contribution in [0.5, 0.6) is 0 Å². The number of carbonyl (C=O) groups excluding carboxylic acids is 1. The second-order valence-electron chi connectivity index (χ2n) is 6.36. The van der Waals surface area contributed by atoms with Crippen LogP contribution in [-0.4, -0.2) is 30.5 Å². The van der Waals surface area contributed by atoms with E-state index in [1.165, 1.54) is 19.2 Å². The van der Waals surface area contributed by atoms with Crippen molar-refractivity contribution in [2.75, 3.05) is 7.05 Å². The van der Waals surface area contributed by atoms with Gasteiger partial charge in [-0.2, -0.15) is 0 Å². The molecule has 1 aromatic heterocycles. The maximum absolute atomic E-state index is 12.4. The molecule has 0 spiro atoms. The molecule has 0 unspecified atom stereocenters. The van der Waals surface area contributed by atoms with Gasteiger partial charge in [-0.3, -0.25) is 13.9 Å². The summed E-state index contributed by atoms with van der Waals surface area (Å²) in [4.78, 5) is 24.7. The third kappa shape index (κ3) is 4.00. The summed E-state index contributed by atoms with van der Waals surface area (Å²) in [5.74, 6) is -0.188. The minimum atomic E-state index is -3.48. The molecule has 0 aliphatic carbocycles. The Morgan fingerprint density at radius 1 is 1.04 bits per heavy atom. The van der Waals surface area contributed by atoms with E-state index >= 15 is 0 Å². The number of aryl methyl sites for hydroxylation is 2. The average molecular weight is 402 g/mol. The first-order chi connectivity index (χ1) is 13.3. The molecule has 2 N–H and O–H groups in total. The molecule has 3 aromatic rings. The third-order valence-corrected chi connectivity index (χ3v) is 6.04. The van der Waals surface area contributed by atoms with Gasteiger partial charge in [-0.25, -0.2) is 17.9 Å². The highest BCUT2D eigenvalue weighted by Crippen LogP contribution is 2.12. The van der Waals surface area contributed by atoms with Gasteiger partial charge < -0.3 is 5.32 Å². The zero-order chi connectivity index (χ0) is 20.3. The van der Waals surface area contributed by atoms with Gasteiger partial charge in [0.1, 0.15) is 0 Å². The van der Waals surface area contributed by atoms with Crippen LogP contribution in [0.3, 0.4) is 0 Å². The molecule has 3 rings (SSSR count). The lowest BCUT2D eigenvalue weighted by Gasteiger charge is -2.07. The van der Waals surface area contributed by atoms with Crippen molar-refractivity contribution >= 4 is 27.0 Å². The largest absolute Gasteiger partial charge is 0.352 e. The number of carbonyl (C=O) groups is 1. The van der Waals surface area contributed by atoms with Gasteiger partial charge in [0.05, 0.1) is 15.9 Å². The van der Waals surface area contributed by atoms with Crippen LogP contribution in [0.2, 0.25) is 0 Å². The van der Waals surface area contributed by atoms with Crippen LogP contribution in [0.25, 0.3) is 11.0 Å². The van der Waals surface area contributed by atoms with Crippen molar-refractivity contribution < 1.29 is 13.2 Å². The Morgan fingerprint density at radius 2 is 1.68 bits per heavy atom. The molecule has 0 radical (unpaired) electrons. The Morgan fingerprint density at radius 3 is 2.32 bits per heavy atom. The van der Waals surface area contributed by atoms with Gasteiger partial charge in [0.25, 0.3) is 0 Å². The Labute approximate surface area is 162 Å². The van der Waals surface area contributed by atoms with E-state index in [-0.39, 0.29) is 36.0 Å². The lowest BCUT2D eigenvalue weighted by atomic mass is 10.2. The molecule has 1 heterocycles. The fourth-order valence-corrected chi connectivity index (χ4v) is 3.72. The number of nitrogens with one attached hydrogen (secondary N) is 2. The number of rotatable bonds is 7. The minimum Gasteiger partial charge on any atom is -0.352 e. The zero-order valence-corrected chi connectivity index (χ0v) is 16.5. The molecule has 0 saturated heterocycles. The highest BCUT2D eigenvalue weighted by atomic mass is 32.2. The number of aromatic nitrogens is 2. The molecule has 2 aromatic carbocycles. The lowest BCUT2D eigenvalue weighted by Crippen LogP contribution is -2.27. The number of para-hydroxylation sites is 2. The Bertz CT molecular complexity index is 1160. The molecule has 8 nitrogen and oxygen atoms in total. The summed E-state index contributed by atoms with van der Waals surface area (Å²) >= 11 is 0. The maximum atomic E-state index is 12.4. The van der Waals surface area contributed by atoms with E-state index < -0.39 is 10.0 Å². The smallest absolute Gasteiger partial charge is 0.328 e. The fraction of sp³-hybridized carbons (Fsp3) is 0.263. The van der Waals surface area contributed by atoms with Crippen LogP contribution in [0, 0.1) is 0 Å². The van der Waals surface area contributed by atoms with E-state index in [0.717, 1.165) is 16.6 Å². The summed E-state index contributed by atoms with van der Waals surface area (Å²) < 4.78 is 28.8. The summed E-state index contributed by atoms with van der Waals surface area (Å²) in [6.45, 7) is 0.564. The Kier molecular flexibility index (Phi) is 5.66. The summed E-state index contributed by atoms with van der Waals surface area (Å²) in [6.07, 6.45) is 0.167. The molecule has 0 bridgehead atoms. The van der Waals surface area contributed by atoms with Crippen molar-refractivity contribution in [2.45, 2.75) is 24.4 Å². The van der Waals surface area contributed by atoms with Gasteiger partial charge in [-0.1, -0.05) is 24.3 Å². The molecule has 148 valence electrons. The Hall–Kier alpha value is -2.91. The summed E-state index contributed by atoms with van der Waals surface area (Å²) in [5.41, 5.74) is 2.25. The zero-order valence-electron chi connectivity index (χ0n) is 15.7. The summed E-state index contributed by atoms with van der Waals surface area (Å²) in [7, 11) is -0.418. The van der Waals surface area contributed by atoms with Gasteiger partial charge in [0, 0.05) is 26.6 Å². The van der Waals surface area contributed by atoms with Gasteiger partial charge in [0.15, 0.2) is 0 Å². The van der Waals surface area contributed by atoms with E-state index in [0.29, 0.717) is 0 Å². The lowest BCUT2D eigenvalue weighted by molar-refractivity contribution is -0.121. The Balaban J connectivity index is 1.60. The molecule has 0 aliphatic heterocycles. The number of hydrogen-bond donors (Lipinski definition) is 2. The van der Waals surface area contributed by atoms with Crippen molar-refractivity contribution in [1.29, 1.82) is 0 Å². The molecular formula is C19H22N4O4S.